The van der Waals surface area contributed by atoms with E-state index in [1.807, 2.05) is 0 Å². The van der Waals surface area contributed by atoms with Gasteiger partial charge in [-0.1, -0.05) is 25.4 Å². The second kappa shape index (κ2) is 9.53. The SMILES string of the molecule is CCN(CC)CCCC(=O)c1cc(Cl)c(NC(C)=O)cc1OC. The van der Waals surface area contributed by atoms with Crippen molar-refractivity contribution in [3.63, 3.8) is 0 Å². The molecule has 0 aromatic heterocycles. The number of rotatable bonds is 9. The summed E-state index contributed by atoms with van der Waals surface area (Å²) in [6, 6.07) is 3.15. The number of hydrogen-bond donors (Lipinski definition) is 1. The number of benzene rings is 1. The van der Waals surface area contributed by atoms with Gasteiger partial charge in [-0.3, -0.25) is 9.59 Å². The Hall–Kier alpha value is -1.59. The van der Waals surface area contributed by atoms with Crippen molar-refractivity contribution >= 4 is 29.0 Å². The van der Waals surface area contributed by atoms with Crippen LogP contribution in [0.1, 0.15) is 44.0 Å². The van der Waals surface area contributed by atoms with Gasteiger partial charge in [-0.05, 0) is 32.1 Å². The summed E-state index contributed by atoms with van der Waals surface area (Å²) in [7, 11) is 1.49. The maximum atomic E-state index is 12.4. The van der Waals surface area contributed by atoms with Crippen LogP contribution in [0.4, 0.5) is 5.69 Å². The number of ketones is 1. The molecule has 0 bridgehead atoms. The van der Waals surface area contributed by atoms with Crippen molar-refractivity contribution in [2.24, 2.45) is 0 Å². The van der Waals surface area contributed by atoms with Crippen molar-refractivity contribution in [1.82, 2.24) is 4.90 Å². The van der Waals surface area contributed by atoms with Gasteiger partial charge in [-0.2, -0.15) is 0 Å². The van der Waals surface area contributed by atoms with E-state index in [2.05, 4.69) is 24.1 Å². The Balaban J connectivity index is 2.83. The molecule has 0 spiro atoms. The minimum atomic E-state index is -0.229. The molecule has 5 nitrogen and oxygen atoms in total. The van der Waals surface area contributed by atoms with Gasteiger partial charge in [0.05, 0.1) is 23.4 Å². The molecule has 0 radical (unpaired) electrons. The van der Waals surface area contributed by atoms with Gasteiger partial charge in [-0.15, -0.1) is 0 Å². The Morgan fingerprint density at radius 2 is 1.91 bits per heavy atom. The minimum Gasteiger partial charge on any atom is -0.496 e. The van der Waals surface area contributed by atoms with E-state index < -0.39 is 0 Å². The molecule has 1 amide bonds. The van der Waals surface area contributed by atoms with Crippen LogP contribution in [0.3, 0.4) is 0 Å². The van der Waals surface area contributed by atoms with E-state index in [1.165, 1.54) is 14.0 Å². The molecule has 1 aromatic carbocycles. The van der Waals surface area contributed by atoms with E-state index in [-0.39, 0.29) is 11.7 Å². The number of anilines is 1. The third-order valence-electron chi connectivity index (χ3n) is 3.67. The molecule has 0 unspecified atom stereocenters. The van der Waals surface area contributed by atoms with Crippen molar-refractivity contribution in [1.29, 1.82) is 0 Å². The van der Waals surface area contributed by atoms with Crippen LogP contribution in [0, 0.1) is 0 Å². The highest BCUT2D eigenvalue weighted by Gasteiger charge is 2.16. The molecule has 1 aromatic rings. The maximum absolute atomic E-state index is 12.4. The summed E-state index contributed by atoms with van der Waals surface area (Å²) < 4.78 is 5.27. The molecule has 1 rings (SSSR count). The molecular formula is C17H25ClN2O3. The van der Waals surface area contributed by atoms with Crippen LogP contribution < -0.4 is 10.1 Å². The molecule has 6 heteroatoms. The van der Waals surface area contributed by atoms with Crippen LogP contribution in [0.5, 0.6) is 5.75 Å². The van der Waals surface area contributed by atoms with Gasteiger partial charge in [0.25, 0.3) is 0 Å². The van der Waals surface area contributed by atoms with Crippen LogP contribution >= 0.6 is 11.6 Å². The number of hydrogen-bond acceptors (Lipinski definition) is 4. The fraction of sp³-hybridized carbons (Fsp3) is 0.529. The lowest BCUT2D eigenvalue weighted by Crippen LogP contribution is -2.24. The first-order valence-electron chi connectivity index (χ1n) is 7.83. The van der Waals surface area contributed by atoms with Gasteiger partial charge < -0.3 is 15.0 Å². The van der Waals surface area contributed by atoms with Crippen LogP contribution in [0.2, 0.25) is 5.02 Å². The molecule has 0 aliphatic rings. The number of ether oxygens (including phenoxy) is 1. The van der Waals surface area contributed by atoms with E-state index in [1.54, 1.807) is 12.1 Å². The fourth-order valence-corrected chi connectivity index (χ4v) is 2.57. The number of carbonyl (C=O) groups is 2. The Morgan fingerprint density at radius 3 is 2.43 bits per heavy atom. The Morgan fingerprint density at radius 1 is 1.26 bits per heavy atom. The highest BCUT2D eigenvalue weighted by atomic mass is 35.5. The van der Waals surface area contributed by atoms with Gasteiger partial charge in [0, 0.05) is 19.4 Å². The highest BCUT2D eigenvalue weighted by molar-refractivity contribution is 6.34. The van der Waals surface area contributed by atoms with Crippen molar-refractivity contribution in [3.05, 3.63) is 22.7 Å². The van der Waals surface area contributed by atoms with E-state index in [0.717, 1.165) is 26.1 Å². The fourth-order valence-electron chi connectivity index (χ4n) is 2.36. The molecule has 23 heavy (non-hydrogen) atoms. The number of amides is 1. The van der Waals surface area contributed by atoms with Gasteiger partial charge in [-0.25, -0.2) is 0 Å². The molecule has 0 saturated heterocycles. The summed E-state index contributed by atoms with van der Waals surface area (Å²) in [6.45, 7) is 8.45. The first-order chi connectivity index (χ1) is 10.9. The van der Waals surface area contributed by atoms with E-state index >= 15 is 0 Å². The molecule has 0 saturated carbocycles. The molecule has 0 aliphatic heterocycles. The normalized spacial score (nSPS) is 10.7. The average Bonchev–Trinajstić information content (AvgIpc) is 2.52. The predicted octanol–water partition coefficient (Wildman–Crippen LogP) is 3.61. The topological polar surface area (TPSA) is 58.6 Å². The summed E-state index contributed by atoms with van der Waals surface area (Å²) in [5.41, 5.74) is 0.891. The zero-order valence-corrected chi connectivity index (χ0v) is 15.0. The molecule has 0 heterocycles. The zero-order chi connectivity index (χ0) is 17.4. The second-order valence-electron chi connectivity index (χ2n) is 5.27. The molecular weight excluding hydrogens is 316 g/mol. The Labute approximate surface area is 142 Å². The quantitative estimate of drug-likeness (QED) is 0.698. The monoisotopic (exact) mass is 340 g/mol. The number of methoxy groups -OCH3 is 1. The van der Waals surface area contributed by atoms with Crippen molar-refractivity contribution in [2.45, 2.75) is 33.6 Å². The van der Waals surface area contributed by atoms with E-state index in [4.69, 9.17) is 16.3 Å². The van der Waals surface area contributed by atoms with Crippen molar-refractivity contribution in [2.75, 3.05) is 32.1 Å². The van der Waals surface area contributed by atoms with Gasteiger partial charge >= 0.3 is 0 Å². The number of carbonyl (C=O) groups excluding carboxylic acids is 2. The first-order valence-corrected chi connectivity index (χ1v) is 8.21. The van der Waals surface area contributed by atoms with Crippen LogP contribution in [0.25, 0.3) is 0 Å². The van der Waals surface area contributed by atoms with Crippen LogP contribution in [-0.4, -0.2) is 43.3 Å². The zero-order valence-electron chi connectivity index (χ0n) is 14.2. The van der Waals surface area contributed by atoms with Crippen molar-refractivity contribution in [3.8, 4) is 5.75 Å². The summed E-state index contributed by atoms with van der Waals surface area (Å²) in [4.78, 5) is 25.9. The molecule has 0 aliphatic carbocycles. The third kappa shape index (κ3) is 5.84. The number of nitrogens with zero attached hydrogens (tertiary/aromatic N) is 1. The predicted molar refractivity (Wildman–Crippen MR) is 93.7 cm³/mol. The minimum absolute atomic E-state index is 0.00900. The van der Waals surface area contributed by atoms with Crippen molar-refractivity contribution < 1.29 is 14.3 Å². The van der Waals surface area contributed by atoms with E-state index in [9.17, 15) is 9.59 Å². The number of halogens is 1. The molecule has 1 N–H and O–H groups in total. The Bertz CT molecular complexity index is 557. The lowest BCUT2D eigenvalue weighted by atomic mass is 10.0. The van der Waals surface area contributed by atoms with Gasteiger partial charge in [0.15, 0.2) is 5.78 Å². The van der Waals surface area contributed by atoms with Crippen LogP contribution in [-0.2, 0) is 4.79 Å². The average molecular weight is 341 g/mol. The smallest absolute Gasteiger partial charge is 0.221 e. The number of Topliss-reactive ketones (excluding diaryl/α,β-unsaturated/α-hetero) is 1. The standard InChI is InChI=1S/C17H25ClN2O3/c1-5-20(6-2)9-7-8-16(22)13-10-14(18)15(19-12(3)21)11-17(13)23-4/h10-11H,5-9H2,1-4H3,(H,19,21). The van der Waals surface area contributed by atoms with Crippen LogP contribution in [0.15, 0.2) is 12.1 Å². The third-order valence-corrected chi connectivity index (χ3v) is 3.99. The maximum Gasteiger partial charge on any atom is 0.221 e. The molecule has 0 atom stereocenters. The van der Waals surface area contributed by atoms with E-state index in [0.29, 0.717) is 28.4 Å². The second-order valence-corrected chi connectivity index (χ2v) is 5.67. The van der Waals surface area contributed by atoms with Gasteiger partial charge in [0.1, 0.15) is 5.75 Å². The molecule has 128 valence electrons. The number of nitrogens with one attached hydrogen (secondary N) is 1. The summed E-state index contributed by atoms with van der Waals surface area (Å²) in [6.07, 6.45) is 1.22. The lowest BCUT2D eigenvalue weighted by molar-refractivity contribution is -0.114. The molecule has 0 fully saturated rings. The highest BCUT2D eigenvalue weighted by Crippen LogP contribution is 2.32. The summed E-state index contributed by atoms with van der Waals surface area (Å²) >= 11 is 6.15. The Kier molecular flexibility index (Phi) is 8.06. The lowest BCUT2D eigenvalue weighted by Gasteiger charge is -2.17. The summed E-state index contributed by atoms with van der Waals surface area (Å²) in [5.74, 6) is 0.184. The van der Waals surface area contributed by atoms with Gasteiger partial charge in [0.2, 0.25) is 5.91 Å². The summed E-state index contributed by atoms with van der Waals surface area (Å²) in [5, 5.41) is 2.95. The largest absolute Gasteiger partial charge is 0.496 e. The first kappa shape index (κ1) is 19.5.